The highest BCUT2D eigenvalue weighted by Gasteiger charge is 2.08. The standard InChI is InChI=1S/C15H15N3OS/c1-10-18-12(9-20-10)6-15(19)17-8-11-7-16-14-5-3-2-4-13(11)14/h2-5,7,9,16H,6,8H2,1H3,(H,17,19). The van der Waals surface area contributed by atoms with E-state index >= 15 is 0 Å². The molecule has 0 aliphatic rings. The zero-order valence-electron chi connectivity index (χ0n) is 11.1. The van der Waals surface area contributed by atoms with Gasteiger partial charge in [-0.25, -0.2) is 4.98 Å². The van der Waals surface area contributed by atoms with Crippen molar-refractivity contribution >= 4 is 28.1 Å². The molecule has 0 saturated carbocycles. The molecule has 2 heterocycles. The van der Waals surface area contributed by atoms with E-state index in [1.54, 1.807) is 11.3 Å². The van der Waals surface area contributed by atoms with Gasteiger partial charge in [-0.3, -0.25) is 4.79 Å². The zero-order valence-corrected chi connectivity index (χ0v) is 12.0. The van der Waals surface area contributed by atoms with Crippen LogP contribution >= 0.6 is 11.3 Å². The number of rotatable bonds is 4. The van der Waals surface area contributed by atoms with Gasteiger partial charge in [-0.2, -0.15) is 0 Å². The van der Waals surface area contributed by atoms with Crippen LogP contribution in [0.4, 0.5) is 0 Å². The number of para-hydroxylation sites is 1. The van der Waals surface area contributed by atoms with E-state index in [-0.39, 0.29) is 5.91 Å². The van der Waals surface area contributed by atoms with Crippen molar-refractivity contribution in [3.63, 3.8) is 0 Å². The van der Waals surface area contributed by atoms with Gasteiger partial charge in [-0.05, 0) is 18.6 Å². The SMILES string of the molecule is Cc1nc(CC(=O)NCc2c[nH]c3ccccc23)cs1. The highest BCUT2D eigenvalue weighted by Crippen LogP contribution is 2.17. The molecule has 3 aromatic rings. The third-order valence-corrected chi connectivity index (χ3v) is 3.98. The highest BCUT2D eigenvalue weighted by molar-refractivity contribution is 7.09. The Hall–Kier alpha value is -2.14. The summed E-state index contributed by atoms with van der Waals surface area (Å²) in [5.41, 5.74) is 3.03. The number of carbonyl (C=O) groups is 1. The lowest BCUT2D eigenvalue weighted by atomic mass is 10.2. The monoisotopic (exact) mass is 285 g/mol. The second-order valence-electron chi connectivity index (χ2n) is 4.67. The largest absolute Gasteiger partial charge is 0.361 e. The first kappa shape index (κ1) is 12.9. The summed E-state index contributed by atoms with van der Waals surface area (Å²) in [6, 6.07) is 8.07. The number of thiazole rings is 1. The number of nitrogens with one attached hydrogen (secondary N) is 2. The van der Waals surface area contributed by atoms with Gasteiger partial charge in [0.15, 0.2) is 0 Å². The fraction of sp³-hybridized carbons (Fsp3) is 0.200. The smallest absolute Gasteiger partial charge is 0.226 e. The Labute approximate surface area is 120 Å². The summed E-state index contributed by atoms with van der Waals surface area (Å²) in [4.78, 5) is 19.4. The van der Waals surface area contributed by atoms with Crippen molar-refractivity contribution in [2.45, 2.75) is 19.9 Å². The third kappa shape index (κ3) is 2.72. The lowest BCUT2D eigenvalue weighted by Crippen LogP contribution is -2.24. The maximum atomic E-state index is 11.9. The summed E-state index contributed by atoms with van der Waals surface area (Å²) in [5.74, 6) is 0.000538. The molecule has 3 rings (SSSR count). The van der Waals surface area contributed by atoms with Crippen LogP contribution in [0.2, 0.25) is 0 Å². The molecule has 0 saturated heterocycles. The number of hydrogen-bond acceptors (Lipinski definition) is 3. The molecule has 102 valence electrons. The molecule has 0 bridgehead atoms. The van der Waals surface area contributed by atoms with Gasteiger partial charge in [0.2, 0.25) is 5.91 Å². The Balaban J connectivity index is 1.63. The molecule has 0 aliphatic carbocycles. The van der Waals surface area contributed by atoms with Crippen LogP contribution in [-0.2, 0) is 17.8 Å². The molecule has 0 spiro atoms. The number of aryl methyl sites for hydroxylation is 1. The van der Waals surface area contributed by atoms with E-state index in [2.05, 4.69) is 21.4 Å². The zero-order chi connectivity index (χ0) is 13.9. The Kier molecular flexibility index (Phi) is 3.52. The quantitative estimate of drug-likeness (QED) is 0.774. The fourth-order valence-electron chi connectivity index (χ4n) is 2.19. The Bertz CT molecular complexity index is 744. The number of aromatic amines is 1. The lowest BCUT2D eigenvalue weighted by Gasteiger charge is -2.03. The molecule has 0 atom stereocenters. The van der Waals surface area contributed by atoms with Crippen LogP contribution in [0.5, 0.6) is 0 Å². The van der Waals surface area contributed by atoms with Crippen molar-refractivity contribution in [2.75, 3.05) is 0 Å². The normalized spacial score (nSPS) is 10.8. The van der Waals surface area contributed by atoms with E-state index in [1.165, 1.54) is 0 Å². The van der Waals surface area contributed by atoms with Crippen molar-refractivity contribution in [3.05, 3.63) is 52.1 Å². The summed E-state index contributed by atoms with van der Waals surface area (Å²) in [6.07, 6.45) is 2.28. The van der Waals surface area contributed by atoms with Gasteiger partial charge in [-0.15, -0.1) is 11.3 Å². The van der Waals surface area contributed by atoms with Gasteiger partial charge in [0, 0.05) is 29.0 Å². The molecule has 5 heteroatoms. The molecule has 0 aliphatic heterocycles. The Morgan fingerprint density at radius 2 is 2.25 bits per heavy atom. The summed E-state index contributed by atoms with van der Waals surface area (Å²) in [6.45, 7) is 2.48. The van der Waals surface area contributed by atoms with Gasteiger partial charge in [0.25, 0.3) is 0 Å². The molecule has 2 aromatic heterocycles. The van der Waals surface area contributed by atoms with E-state index in [4.69, 9.17) is 0 Å². The number of H-pyrrole nitrogens is 1. The van der Waals surface area contributed by atoms with Crippen molar-refractivity contribution in [1.82, 2.24) is 15.3 Å². The molecule has 0 radical (unpaired) electrons. The van der Waals surface area contributed by atoms with E-state index in [0.29, 0.717) is 13.0 Å². The van der Waals surface area contributed by atoms with Gasteiger partial charge >= 0.3 is 0 Å². The first-order valence-corrected chi connectivity index (χ1v) is 7.33. The number of benzene rings is 1. The number of fused-ring (bicyclic) bond motifs is 1. The molecule has 0 fully saturated rings. The number of carbonyl (C=O) groups excluding carboxylic acids is 1. The van der Waals surface area contributed by atoms with Crippen LogP contribution in [-0.4, -0.2) is 15.9 Å². The van der Waals surface area contributed by atoms with Crippen molar-refractivity contribution in [3.8, 4) is 0 Å². The van der Waals surface area contributed by atoms with Crippen LogP contribution in [0.1, 0.15) is 16.3 Å². The molecule has 1 amide bonds. The summed E-state index contributed by atoms with van der Waals surface area (Å²) >= 11 is 1.57. The minimum absolute atomic E-state index is 0.000538. The second kappa shape index (κ2) is 5.46. The lowest BCUT2D eigenvalue weighted by molar-refractivity contribution is -0.120. The fourth-order valence-corrected chi connectivity index (χ4v) is 2.80. The van der Waals surface area contributed by atoms with E-state index in [1.807, 2.05) is 36.7 Å². The first-order chi connectivity index (χ1) is 9.72. The first-order valence-electron chi connectivity index (χ1n) is 6.45. The average molecular weight is 285 g/mol. The number of amides is 1. The molecular formula is C15H15N3OS. The molecule has 0 unspecified atom stereocenters. The van der Waals surface area contributed by atoms with E-state index in [0.717, 1.165) is 27.2 Å². The maximum Gasteiger partial charge on any atom is 0.226 e. The van der Waals surface area contributed by atoms with Gasteiger partial charge in [0.1, 0.15) is 0 Å². The van der Waals surface area contributed by atoms with Crippen molar-refractivity contribution in [2.24, 2.45) is 0 Å². The van der Waals surface area contributed by atoms with Crippen LogP contribution in [0.25, 0.3) is 10.9 Å². The highest BCUT2D eigenvalue weighted by atomic mass is 32.1. The van der Waals surface area contributed by atoms with Crippen LogP contribution in [0.3, 0.4) is 0 Å². The summed E-state index contributed by atoms with van der Waals surface area (Å²) < 4.78 is 0. The predicted octanol–water partition coefficient (Wildman–Crippen LogP) is 2.79. The molecule has 1 aromatic carbocycles. The minimum Gasteiger partial charge on any atom is -0.361 e. The van der Waals surface area contributed by atoms with Crippen LogP contribution in [0.15, 0.2) is 35.8 Å². The molecule has 4 nitrogen and oxygen atoms in total. The average Bonchev–Trinajstić information content (AvgIpc) is 3.03. The molecule has 2 N–H and O–H groups in total. The minimum atomic E-state index is 0.000538. The summed E-state index contributed by atoms with van der Waals surface area (Å²) in [7, 11) is 0. The topological polar surface area (TPSA) is 57.8 Å². The van der Waals surface area contributed by atoms with Crippen molar-refractivity contribution in [1.29, 1.82) is 0 Å². The molecular weight excluding hydrogens is 270 g/mol. The van der Waals surface area contributed by atoms with E-state index in [9.17, 15) is 4.79 Å². The predicted molar refractivity (Wildman–Crippen MR) is 80.7 cm³/mol. The third-order valence-electron chi connectivity index (χ3n) is 3.16. The number of aromatic nitrogens is 2. The van der Waals surface area contributed by atoms with E-state index < -0.39 is 0 Å². The Morgan fingerprint density at radius 1 is 1.40 bits per heavy atom. The van der Waals surface area contributed by atoms with Gasteiger partial charge in [-0.1, -0.05) is 18.2 Å². The van der Waals surface area contributed by atoms with Crippen LogP contribution < -0.4 is 5.32 Å². The second-order valence-corrected chi connectivity index (χ2v) is 5.73. The van der Waals surface area contributed by atoms with Crippen molar-refractivity contribution < 1.29 is 4.79 Å². The molecule has 20 heavy (non-hydrogen) atoms. The number of hydrogen-bond donors (Lipinski definition) is 2. The van der Waals surface area contributed by atoms with Gasteiger partial charge in [0.05, 0.1) is 17.1 Å². The number of nitrogens with zero attached hydrogens (tertiary/aromatic N) is 1. The maximum absolute atomic E-state index is 11.9. The Morgan fingerprint density at radius 3 is 3.05 bits per heavy atom. The van der Waals surface area contributed by atoms with Crippen LogP contribution in [0, 0.1) is 6.92 Å². The van der Waals surface area contributed by atoms with Gasteiger partial charge < -0.3 is 10.3 Å². The summed E-state index contributed by atoms with van der Waals surface area (Å²) in [5, 5.41) is 7.01.